The number of para-hydroxylation sites is 3. The van der Waals surface area contributed by atoms with Gasteiger partial charge < -0.3 is 73.2 Å². The molecule has 9 rings (SSSR count). The van der Waals surface area contributed by atoms with Crippen LogP contribution in [-0.2, 0) is 31.8 Å². The van der Waals surface area contributed by atoms with Gasteiger partial charge in [0.25, 0.3) is 0 Å². The van der Waals surface area contributed by atoms with Crippen molar-refractivity contribution in [2.24, 2.45) is 0 Å². The Morgan fingerprint density at radius 3 is 1.37 bits per heavy atom. The molecule has 9 aromatic rings. The molecule has 0 aliphatic rings. The minimum absolute atomic E-state index is 0. The van der Waals surface area contributed by atoms with Crippen LogP contribution in [-0.4, -0.2) is 171 Å². The van der Waals surface area contributed by atoms with E-state index in [1.54, 1.807) is 54.6 Å². The van der Waals surface area contributed by atoms with Gasteiger partial charge in [-0.15, -0.1) is 12.4 Å². The summed E-state index contributed by atoms with van der Waals surface area (Å²) in [6, 6.07) is 39.1. The quantitative estimate of drug-likeness (QED) is 0.00530. The largest absolute Gasteiger partial charge is 0.504 e. The van der Waals surface area contributed by atoms with Crippen LogP contribution in [0, 0.1) is 20.2 Å². The third-order valence-electron chi connectivity index (χ3n) is 13.9. The summed E-state index contributed by atoms with van der Waals surface area (Å²) in [6.45, 7) is 5.71. The molecule has 1 radical (unpaired) electrons. The number of aromatic hydroxyl groups is 2. The number of nitrogens with zero attached hydrogens (tertiary/aromatic N) is 5. The van der Waals surface area contributed by atoms with Crippen LogP contribution in [0.4, 0.5) is 34.6 Å². The first-order chi connectivity index (χ1) is 48.2. The number of nitro groups is 2. The molecule has 0 amide bonds. The molecular formula is C69H84Cl3F4N9O16V. The number of anilines is 1. The first-order valence-corrected chi connectivity index (χ1v) is 32.3. The van der Waals surface area contributed by atoms with Gasteiger partial charge in [-0.2, -0.15) is 0 Å². The van der Waals surface area contributed by atoms with Gasteiger partial charge in [-0.3, -0.25) is 47.8 Å². The third-order valence-corrected chi connectivity index (χ3v) is 14.4. The minimum Gasteiger partial charge on any atom is -0.504 e. The number of aromatic amines is 2. The number of nitrogen functional groups attached to an aromatic ring is 1. The molecule has 2 aromatic heterocycles. The molecule has 555 valence electrons. The van der Waals surface area contributed by atoms with E-state index in [0.717, 1.165) is 17.2 Å². The minimum atomic E-state index is -0.647. The fourth-order valence-corrected chi connectivity index (χ4v) is 9.25. The number of oxazole rings is 2. The Morgan fingerprint density at radius 2 is 0.912 bits per heavy atom. The zero-order valence-corrected chi connectivity index (χ0v) is 60.1. The molecule has 0 spiro atoms. The number of rotatable bonds is 36. The van der Waals surface area contributed by atoms with Crippen molar-refractivity contribution in [1.29, 1.82) is 0 Å². The van der Waals surface area contributed by atoms with E-state index in [2.05, 4.69) is 15.3 Å². The molecule has 7 N–H and O–H groups in total. The molecule has 2 heterocycles. The van der Waals surface area contributed by atoms with E-state index in [1.807, 2.05) is 96.5 Å². The van der Waals surface area contributed by atoms with E-state index < -0.39 is 21.4 Å². The van der Waals surface area contributed by atoms with E-state index in [4.69, 9.17) is 66.2 Å². The van der Waals surface area contributed by atoms with E-state index in [1.165, 1.54) is 18.2 Å². The smallest absolute Gasteiger partial charge is 0.417 e. The van der Waals surface area contributed by atoms with Crippen LogP contribution in [0.5, 0.6) is 46.0 Å². The first-order valence-electron chi connectivity index (χ1n) is 31.6. The van der Waals surface area contributed by atoms with Crippen LogP contribution in [0.1, 0.15) is 36.8 Å². The molecular weight excluding hydrogens is 1440 g/mol. The predicted molar refractivity (Wildman–Crippen MR) is 383 cm³/mol. The van der Waals surface area contributed by atoms with Crippen molar-refractivity contribution in [2.45, 2.75) is 38.9 Å². The number of phenols is 2. The summed E-state index contributed by atoms with van der Waals surface area (Å²) in [5, 5.41) is 44.9. The SMILES string of the molecule is CN(CCCF)CCOc1cc(Cl)cc([N+](=O)[O-])c1OCc1ccccc1.CN(CCCF)CCOc1cccc(N)c1O.CN(CCCF)CCOc1cccc2[nH]c(=O)oc12.Cl.O=[N+]([O-])c1cc(Cl)cc(O)c1OCc1ccccc1.O=c1[nH]c2cccc(OCCNCCCF)c2o1.[V]. The normalized spacial score (nSPS) is 10.6. The molecule has 0 saturated heterocycles. The van der Waals surface area contributed by atoms with Crippen LogP contribution < -0.4 is 51.0 Å². The maximum Gasteiger partial charge on any atom is 0.417 e. The van der Waals surface area contributed by atoms with Crippen molar-refractivity contribution >= 4 is 74.9 Å². The number of benzene rings is 7. The van der Waals surface area contributed by atoms with Gasteiger partial charge in [0.05, 0.1) is 63.3 Å². The summed E-state index contributed by atoms with van der Waals surface area (Å²) < 4.78 is 91.2. The zero-order valence-electron chi connectivity index (χ0n) is 56.4. The molecule has 0 unspecified atom stereocenters. The number of likely N-dealkylation sites (N-methyl/N-ethyl adjacent to an activating group) is 3. The number of alkyl halides is 4. The van der Waals surface area contributed by atoms with Crippen LogP contribution >= 0.6 is 35.6 Å². The summed E-state index contributed by atoms with van der Waals surface area (Å²) in [4.78, 5) is 54.3. The molecule has 0 atom stereocenters. The van der Waals surface area contributed by atoms with Crippen molar-refractivity contribution in [1.82, 2.24) is 30.0 Å². The van der Waals surface area contributed by atoms with Gasteiger partial charge in [-0.05, 0) is 101 Å². The number of phenolic OH excluding ortho intramolecular Hbond substituents is 2. The molecule has 0 saturated carbocycles. The molecule has 0 aliphatic carbocycles. The van der Waals surface area contributed by atoms with E-state index in [0.29, 0.717) is 143 Å². The van der Waals surface area contributed by atoms with Crippen LogP contribution in [0.3, 0.4) is 0 Å². The van der Waals surface area contributed by atoms with Crippen molar-refractivity contribution in [3.8, 4) is 46.0 Å². The van der Waals surface area contributed by atoms with E-state index >= 15 is 0 Å². The second-order valence-electron chi connectivity index (χ2n) is 21.8. The molecule has 0 bridgehead atoms. The van der Waals surface area contributed by atoms with Crippen LogP contribution in [0.25, 0.3) is 22.2 Å². The summed E-state index contributed by atoms with van der Waals surface area (Å²) in [5.41, 5.74) is 9.02. The summed E-state index contributed by atoms with van der Waals surface area (Å²) in [5.74, 6) is 0.140. The fourth-order valence-electron chi connectivity index (χ4n) is 8.84. The Bertz CT molecular complexity index is 4000. The Kier molecular flexibility index (Phi) is 41.8. The van der Waals surface area contributed by atoms with Gasteiger partial charge >= 0.3 is 22.9 Å². The number of fused-ring (bicyclic) bond motifs is 2. The molecule has 33 heteroatoms. The van der Waals surface area contributed by atoms with Crippen molar-refractivity contribution in [3.05, 3.63) is 202 Å². The Hall–Kier alpha value is -8.91. The van der Waals surface area contributed by atoms with Gasteiger partial charge in [0.1, 0.15) is 39.6 Å². The van der Waals surface area contributed by atoms with Crippen molar-refractivity contribution in [2.75, 3.05) is 132 Å². The number of hydrogen-bond donors (Lipinski definition) is 6. The molecule has 7 aromatic carbocycles. The monoisotopic (exact) mass is 1530 g/mol. The Labute approximate surface area is 614 Å². The summed E-state index contributed by atoms with van der Waals surface area (Å²) >= 11 is 11.7. The topological polar surface area (TPSA) is 322 Å². The van der Waals surface area contributed by atoms with Crippen LogP contribution in [0.15, 0.2) is 158 Å². The maximum absolute atomic E-state index is 12.2. The number of halogens is 7. The number of nitrogens with one attached hydrogen (secondary N) is 3. The number of ether oxygens (including phenoxy) is 6. The molecule has 0 fully saturated rings. The second-order valence-corrected chi connectivity index (χ2v) is 22.7. The van der Waals surface area contributed by atoms with Gasteiger partial charge in [0, 0.05) is 88.6 Å². The average Bonchev–Trinajstić information content (AvgIpc) is 1.79. The van der Waals surface area contributed by atoms with Gasteiger partial charge in [0.15, 0.2) is 45.7 Å². The average molecular weight is 1530 g/mol. The number of H-pyrrole nitrogens is 2. The van der Waals surface area contributed by atoms with Crippen LogP contribution in [0.2, 0.25) is 10.0 Å². The van der Waals surface area contributed by atoms with Gasteiger partial charge in [-0.25, -0.2) is 9.59 Å². The molecule has 0 aliphatic heterocycles. The molecule has 102 heavy (non-hydrogen) atoms. The summed E-state index contributed by atoms with van der Waals surface area (Å²) in [7, 11) is 5.67. The van der Waals surface area contributed by atoms with E-state index in [9.17, 15) is 57.6 Å². The standard InChI is InChI=1S/C19H22ClFN2O4.C13H10ClNO4.C13H17FN2O3.C12H15FN2O3.C12H19FN2O2.ClH.V/c1-22(9-5-8-21)10-11-26-18-13-16(20)12-17(23(24)25)19(18)27-14-15-6-3-2-4-7-15;14-10-6-11(15(17)18)13(12(16)7-10)19-8-9-4-2-1-3-5-9;1-16(7-3-6-14)8-9-18-11-5-2-4-10-12(11)19-13(17)15-10;13-5-2-6-14-7-8-17-10-4-1-3-9-11(10)18-12(16)15-9;1-15(7-3-6-13)8-9-17-11-5-2-4-10(14)12(11)16;;/h2-4,6-7,12-13H,5,8-11,14H2,1H3;1-7,16H,8H2;2,4-5H,3,6-9H2,1H3,(H,15,17);1,3-4,14H,2,5-8H2,(H,15,16);2,4-5,16H,3,6-9,14H2,1H3;1H;. The van der Waals surface area contributed by atoms with Gasteiger partial charge in [-0.1, -0.05) is 102 Å². The van der Waals surface area contributed by atoms with Gasteiger partial charge in [0.2, 0.25) is 11.5 Å². The predicted octanol–water partition coefficient (Wildman–Crippen LogP) is 13.3. The number of hydrogen-bond acceptors (Lipinski definition) is 21. The maximum atomic E-state index is 12.2. The van der Waals surface area contributed by atoms with E-state index in [-0.39, 0.29) is 128 Å². The second kappa shape index (κ2) is 48.8. The fraction of sp³-hybridized carbons (Fsp3) is 0.362. The number of nitro benzene ring substituents is 2. The number of aromatic nitrogens is 2. The van der Waals surface area contributed by atoms with Crippen molar-refractivity contribution < 1.29 is 93.4 Å². The summed E-state index contributed by atoms with van der Waals surface area (Å²) in [6.07, 6.45) is 2.01. The Balaban J connectivity index is 0.000000333. The Morgan fingerprint density at radius 1 is 0.510 bits per heavy atom. The zero-order chi connectivity index (χ0) is 72.6. The third kappa shape index (κ3) is 31.5. The molecule has 25 nitrogen and oxygen atoms in total. The van der Waals surface area contributed by atoms with Crippen molar-refractivity contribution in [3.63, 3.8) is 0 Å². The number of nitrogens with two attached hydrogens (primary N) is 1. The first kappa shape index (κ1) is 87.3.